The van der Waals surface area contributed by atoms with Crippen LogP contribution in [0.1, 0.15) is 25.1 Å². The molecule has 5 rings (SSSR count). The molecule has 2 aromatic heterocycles. The largest absolute Gasteiger partial charge is 0.484 e. The van der Waals surface area contributed by atoms with Gasteiger partial charge in [0.2, 0.25) is 0 Å². The van der Waals surface area contributed by atoms with Crippen molar-refractivity contribution in [1.29, 1.82) is 0 Å². The van der Waals surface area contributed by atoms with E-state index in [0.717, 1.165) is 56.0 Å². The van der Waals surface area contributed by atoms with Gasteiger partial charge in [0, 0.05) is 38.3 Å². The van der Waals surface area contributed by atoms with Gasteiger partial charge in [-0.25, -0.2) is 4.98 Å². The maximum absolute atomic E-state index is 12.6. The number of aryl methyl sites for hydroxylation is 1. The maximum Gasteiger partial charge on any atom is 0.260 e. The normalized spacial score (nSPS) is 17.5. The van der Waals surface area contributed by atoms with Gasteiger partial charge < -0.3 is 14.2 Å². The van der Waals surface area contributed by atoms with Gasteiger partial charge in [0.25, 0.3) is 5.91 Å². The molecular weight excluding hydrogens is 366 g/mol. The molecule has 1 aromatic carbocycles. The lowest BCUT2D eigenvalue weighted by Gasteiger charge is -2.38. The van der Waals surface area contributed by atoms with Crippen LogP contribution in [0.5, 0.6) is 5.75 Å². The molecule has 0 aliphatic carbocycles. The van der Waals surface area contributed by atoms with Crippen LogP contribution >= 0.6 is 0 Å². The number of carbonyl (C=O) groups excluding carboxylic acids is 1. The molecule has 1 spiro atoms. The van der Waals surface area contributed by atoms with Crippen LogP contribution in [0.3, 0.4) is 0 Å². The van der Waals surface area contributed by atoms with Crippen LogP contribution in [0.15, 0.2) is 48.8 Å². The average molecular weight is 391 g/mol. The van der Waals surface area contributed by atoms with E-state index in [2.05, 4.69) is 9.67 Å². The summed E-state index contributed by atoms with van der Waals surface area (Å²) in [4.78, 5) is 19.3. The Labute approximate surface area is 169 Å². The van der Waals surface area contributed by atoms with E-state index >= 15 is 0 Å². The summed E-state index contributed by atoms with van der Waals surface area (Å²) in [7, 11) is 1.96. The molecule has 0 saturated carbocycles. The Morgan fingerprint density at radius 2 is 1.83 bits per heavy atom. The number of nitrogens with zero attached hydrogens (tertiary/aromatic N) is 5. The second-order valence-electron chi connectivity index (χ2n) is 7.97. The van der Waals surface area contributed by atoms with Crippen molar-refractivity contribution in [3.63, 3.8) is 0 Å². The molecule has 150 valence electrons. The lowest BCUT2D eigenvalue weighted by molar-refractivity contribution is -0.135. The topological polar surface area (TPSA) is 65.2 Å². The van der Waals surface area contributed by atoms with Crippen molar-refractivity contribution in [2.24, 2.45) is 7.05 Å². The van der Waals surface area contributed by atoms with Crippen LogP contribution in [0, 0.1) is 0 Å². The number of para-hydroxylation sites is 1. The first-order valence-electron chi connectivity index (χ1n) is 10.2. The Morgan fingerprint density at radius 3 is 2.55 bits per heavy atom. The second-order valence-corrected chi connectivity index (χ2v) is 7.97. The van der Waals surface area contributed by atoms with Gasteiger partial charge in [-0.15, -0.1) is 0 Å². The number of aromatic nitrogens is 4. The zero-order chi connectivity index (χ0) is 19.8. The number of benzene rings is 1. The molecule has 7 heteroatoms. The summed E-state index contributed by atoms with van der Waals surface area (Å²) < 4.78 is 9.87. The summed E-state index contributed by atoms with van der Waals surface area (Å²) in [5.74, 6) is 1.96. The standard InChI is InChI=1S/C22H25N5O2/c1-25-18(7-11-24-25)19-15-23-21-22(10-14-27(19)21)8-12-26(13-9-22)20(28)16-29-17-5-3-2-4-6-17/h2-7,11,15H,8-10,12-14,16H2,1H3. The monoisotopic (exact) mass is 391 g/mol. The van der Waals surface area contributed by atoms with Gasteiger partial charge in [-0.2, -0.15) is 5.10 Å². The van der Waals surface area contributed by atoms with E-state index < -0.39 is 0 Å². The zero-order valence-corrected chi connectivity index (χ0v) is 16.6. The molecule has 2 aliphatic rings. The van der Waals surface area contributed by atoms with Gasteiger partial charge in [0.05, 0.1) is 17.6 Å². The van der Waals surface area contributed by atoms with Crippen LogP contribution in [0.2, 0.25) is 0 Å². The fraction of sp³-hybridized carbons (Fsp3) is 0.409. The van der Waals surface area contributed by atoms with Gasteiger partial charge in [-0.3, -0.25) is 9.48 Å². The van der Waals surface area contributed by atoms with Crippen LogP contribution < -0.4 is 4.74 Å². The number of fused-ring (bicyclic) bond motifs is 2. The fourth-order valence-corrected chi connectivity index (χ4v) is 4.70. The Hall–Kier alpha value is -3.09. The summed E-state index contributed by atoms with van der Waals surface area (Å²) in [6.45, 7) is 2.58. The number of carbonyl (C=O) groups is 1. The van der Waals surface area contributed by atoms with Crippen molar-refractivity contribution in [1.82, 2.24) is 24.2 Å². The zero-order valence-electron chi connectivity index (χ0n) is 16.6. The van der Waals surface area contributed by atoms with Gasteiger partial charge in [0.1, 0.15) is 11.6 Å². The van der Waals surface area contributed by atoms with E-state index in [1.807, 2.05) is 65.4 Å². The highest BCUT2D eigenvalue weighted by atomic mass is 16.5. The highest BCUT2D eigenvalue weighted by Crippen LogP contribution is 2.44. The first-order chi connectivity index (χ1) is 14.2. The third kappa shape index (κ3) is 3.10. The Bertz CT molecular complexity index is 1020. The number of piperidine rings is 1. The summed E-state index contributed by atoms with van der Waals surface area (Å²) in [5, 5.41) is 4.29. The Morgan fingerprint density at radius 1 is 1.07 bits per heavy atom. The van der Waals surface area contributed by atoms with Crippen molar-refractivity contribution >= 4 is 5.91 Å². The number of hydrogen-bond donors (Lipinski definition) is 0. The van der Waals surface area contributed by atoms with E-state index in [4.69, 9.17) is 9.72 Å². The van der Waals surface area contributed by atoms with Crippen LogP contribution in [-0.2, 0) is 23.8 Å². The molecule has 1 saturated heterocycles. The summed E-state index contributed by atoms with van der Waals surface area (Å²) in [5.41, 5.74) is 2.30. The lowest BCUT2D eigenvalue weighted by Crippen LogP contribution is -2.46. The molecule has 0 atom stereocenters. The van der Waals surface area contributed by atoms with E-state index in [0.29, 0.717) is 0 Å². The average Bonchev–Trinajstić information content (AvgIpc) is 3.45. The molecular formula is C22H25N5O2. The molecule has 0 radical (unpaired) electrons. The molecule has 2 aliphatic heterocycles. The van der Waals surface area contributed by atoms with Crippen LogP contribution in [-0.4, -0.2) is 49.8 Å². The van der Waals surface area contributed by atoms with Crippen molar-refractivity contribution in [3.8, 4) is 17.1 Å². The molecule has 4 heterocycles. The molecule has 0 unspecified atom stereocenters. The van der Waals surface area contributed by atoms with Crippen LogP contribution in [0.25, 0.3) is 11.4 Å². The van der Waals surface area contributed by atoms with E-state index in [1.165, 1.54) is 5.82 Å². The van der Waals surface area contributed by atoms with Gasteiger partial charge in [0.15, 0.2) is 6.61 Å². The smallest absolute Gasteiger partial charge is 0.260 e. The number of amides is 1. The number of rotatable bonds is 4. The number of likely N-dealkylation sites (tertiary alicyclic amines) is 1. The maximum atomic E-state index is 12.6. The summed E-state index contributed by atoms with van der Waals surface area (Å²) in [6, 6.07) is 11.5. The third-order valence-electron chi connectivity index (χ3n) is 6.41. The van der Waals surface area contributed by atoms with E-state index in [1.54, 1.807) is 0 Å². The summed E-state index contributed by atoms with van der Waals surface area (Å²) >= 11 is 0. The van der Waals surface area contributed by atoms with Gasteiger partial charge >= 0.3 is 0 Å². The van der Waals surface area contributed by atoms with E-state index in [-0.39, 0.29) is 17.9 Å². The fourth-order valence-electron chi connectivity index (χ4n) is 4.70. The second kappa shape index (κ2) is 7.06. The minimum atomic E-state index is 0.0561. The highest BCUT2D eigenvalue weighted by molar-refractivity contribution is 5.78. The predicted octanol–water partition coefficient (Wildman–Crippen LogP) is 2.63. The highest BCUT2D eigenvalue weighted by Gasteiger charge is 2.44. The minimum absolute atomic E-state index is 0.0561. The van der Waals surface area contributed by atoms with Crippen molar-refractivity contribution in [2.45, 2.75) is 31.2 Å². The lowest BCUT2D eigenvalue weighted by atomic mass is 9.76. The number of hydrogen-bond acceptors (Lipinski definition) is 4. The van der Waals surface area contributed by atoms with Crippen molar-refractivity contribution in [2.75, 3.05) is 19.7 Å². The minimum Gasteiger partial charge on any atom is -0.484 e. The Kier molecular flexibility index (Phi) is 4.38. The van der Waals surface area contributed by atoms with Crippen LogP contribution in [0.4, 0.5) is 0 Å². The van der Waals surface area contributed by atoms with Gasteiger partial charge in [-0.05, 0) is 37.5 Å². The SMILES string of the molecule is Cn1nccc1-c1cnc2n1CCC21CCN(C(=O)COc2ccccc2)CC1. The van der Waals surface area contributed by atoms with Crippen molar-refractivity contribution < 1.29 is 9.53 Å². The first-order valence-corrected chi connectivity index (χ1v) is 10.2. The quantitative estimate of drug-likeness (QED) is 0.686. The third-order valence-corrected chi connectivity index (χ3v) is 6.41. The summed E-state index contributed by atoms with van der Waals surface area (Å²) in [6.07, 6.45) is 6.78. The molecule has 29 heavy (non-hydrogen) atoms. The molecule has 0 N–H and O–H groups in total. The Balaban J connectivity index is 1.25. The molecule has 1 amide bonds. The number of imidazole rings is 1. The van der Waals surface area contributed by atoms with E-state index in [9.17, 15) is 4.79 Å². The molecule has 0 bridgehead atoms. The molecule has 3 aromatic rings. The molecule has 7 nitrogen and oxygen atoms in total. The van der Waals surface area contributed by atoms with Gasteiger partial charge in [-0.1, -0.05) is 18.2 Å². The molecule has 1 fully saturated rings. The van der Waals surface area contributed by atoms with Crippen molar-refractivity contribution in [3.05, 3.63) is 54.6 Å². The first kappa shape index (κ1) is 18.0. The predicted molar refractivity (Wildman–Crippen MR) is 108 cm³/mol. The number of ether oxygens (including phenoxy) is 1.